The van der Waals surface area contributed by atoms with Gasteiger partial charge < -0.3 is 10.6 Å². The Kier molecular flexibility index (Phi) is 5.77. The largest absolute Gasteiger partial charge is 0.373 e. The number of nitrogens with zero attached hydrogens (tertiary/aromatic N) is 6. The molecule has 12 heteroatoms. The number of nitriles is 1. The molecular weight excluding hydrogens is 488 g/mol. The summed E-state index contributed by atoms with van der Waals surface area (Å²) in [6.45, 7) is 1.77. The fourth-order valence-electron chi connectivity index (χ4n) is 3.67. The lowest BCUT2D eigenvalue weighted by Crippen LogP contribution is -2.15. The maximum absolute atomic E-state index is 13.8. The minimum atomic E-state index is -1.62. The summed E-state index contributed by atoms with van der Waals surface area (Å²) in [5, 5.41) is 26.9. The van der Waals surface area contributed by atoms with Crippen LogP contribution in [0.1, 0.15) is 29.9 Å². The van der Waals surface area contributed by atoms with E-state index in [9.17, 15) is 15.4 Å². The minimum absolute atomic E-state index is 0.112. The van der Waals surface area contributed by atoms with Crippen molar-refractivity contribution in [3.8, 4) is 6.07 Å². The molecule has 0 spiro atoms. The number of nitrogens with one attached hydrogen (secondary N) is 3. The van der Waals surface area contributed by atoms with Crippen molar-refractivity contribution in [3.63, 3.8) is 0 Å². The first-order valence-corrected chi connectivity index (χ1v) is 10.8. The zero-order chi connectivity index (χ0) is 26.2. The molecule has 9 nitrogen and oxygen atoms in total. The van der Waals surface area contributed by atoms with Crippen molar-refractivity contribution < 1.29 is 10.2 Å². The molecular formula is C24H16ClF2N9. The number of H-pyrrole nitrogens is 1. The van der Waals surface area contributed by atoms with Gasteiger partial charge in [-0.3, -0.25) is 9.97 Å². The lowest BCUT2D eigenvalue weighted by molar-refractivity contribution is 0.480. The fraction of sp³-hybridized carbons (Fsp3) is 0.0833. The van der Waals surface area contributed by atoms with E-state index in [-0.39, 0.29) is 27.7 Å². The molecule has 178 valence electrons. The van der Waals surface area contributed by atoms with Crippen LogP contribution >= 0.6 is 11.6 Å². The zero-order valence-electron chi connectivity index (χ0n) is 19.5. The van der Waals surface area contributed by atoms with Gasteiger partial charge in [0.25, 0.3) is 0 Å². The van der Waals surface area contributed by atoms with Crippen LogP contribution in [0.2, 0.25) is 5.02 Å². The van der Waals surface area contributed by atoms with Crippen LogP contribution in [0.25, 0.3) is 10.9 Å². The Morgan fingerprint density at radius 2 is 2.00 bits per heavy atom. The molecule has 0 aliphatic heterocycles. The van der Waals surface area contributed by atoms with E-state index in [4.69, 9.17) is 11.6 Å². The first-order chi connectivity index (χ1) is 17.8. The van der Waals surface area contributed by atoms with Crippen molar-refractivity contribution in [2.24, 2.45) is 0 Å². The summed E-state index contributed by atoms with van der Waals surface area (Å²) >= 11 is 6.57. The quantitative estimate of drug-likeness (QED) is 0.269. The van der Waals surface area contributed by atoms with E-state index in [1.807, 2.05) is 6.07 Å². The second kappa shape index (κ2) is 9.52. The average molecular weight is 505 g/mol. The van der Waals surface area contributed by atoms with Crippen molar-refractivity contribution in [1.82, 2.24) is 30.4 Å². The molecule has 1 aromatic carbocycles. The lowest BCUT2D eigenvalue weighted by Gasteiger charge is -2.21. The standard InChI is InChI=1S/C24H16ClF2N9/c1-12-16(3-2-4-29-12)23(20-11-32-36-35-20)33-14-5-17-21(34-15-7-19(26)24(27)31-10-15)13(8-28)9-30-22(17)18(25)6-14/h2-7,9-11,23,33H,1H3,(H,30,34)(H,32,35,36)/t23-/m1/s1/i23D. The van der Waals surface area contributed by atoms with Crippen LogP contribution in [0.5, 0.6) is 0 Å². The van der Waals surface area contributed by atoms with Crippen molar-refractivity contribution in [2.45, 2.75) is 12.9 Å². The van der Waals surface area contributed by atoms with E-state index < -0.39 is 17.8 Å². The van der Waals surface area contributed by atoms with Gasteiger partial charge in [0.1, 0.15) is 11.8 Å². The van der Waals surface area contributed by atoms with Crippen molar-refractivity contribution in [2.75, 3.05) is 10.6 Å². The Balaban J connectivity index is 1.66. The van der Waals surface area contributed by atoms with Crippen LogP contribution in [-0.4, -0.2) is 30.4 Å². The molecule has 0 amide bonds. The number of rotatable bonds is 6. The molecule has 5 rings (SSSR count). The van der Waals surface area contributed by atoms with Crippen molar-refractivity contribution in [1.29, 1.82) is 5.26 Å². The fourth-order valence-corrected chi connectivity index (χ4v) is 3.94. The summed E-state index contributed by atoms with van der Waals surface area (Å²) in [5.41, 5.74) is 2.62. The van der Waals surface area contributed by atoms with Crippen LogP contribution in [0.15, 0.2) is 55.1 Å². The highest BCUT2D eigenvalue weighted by Crippen LogP contribution is 2.36. The smallest absolute Gasteiger partial charge is 0.249 e. The molecule has 0 saturated heterocycles. The Bertz CT molecular complexity index is 1670. The molecule has 0 bridgehead atoms. The van der Waals surface area contributed by atoms with Crippen LogP contribution < -0.4 is 10.6 Å². The Hall–Kier alpha value is -4.69. The van der Waals surface area contributed by atoms with Gasteiger partial charge in [0.2, 0.25) is 5.95 Å². The van der Waals surface area contributed by atoms with Crippen molar-refractivity contribution >= 4 is 39.6 Å². The van der Waals surface area contributed by atoms with E-state index in [0.29, 0.717) is 27.8 Å². The van der Waals surface area contributed by atoms with E-state index in [1.165, 1.54) is 12.4 Å². The number of aryl methyl sites for hydroxylation is 1. The number of hydrogen-bond acceptors (Lipinski definition) is 8. The summed E-state index contributed by atoms with van der Waals surface area (Å²) in [7, 11) is 0. The molecule has 36 heavy (non-hydrogen) atoms. The summed E-state index contributed by atoms with van der Waals surface area (Å²) < 4.78 is 36.5. The molecule has 0 aliphatic carbocycles. The number of aromatic nitrogens is 6. The van der Waals surface area contributed by atoms with Gasteiger partial charge in [-0.25, -0.2) is 9.37 Å². The van der Waals surface area contributed by atoms with E-state index in [0.717, 1.165) is 12.3 Å². The molecule has 4 aromatic heterocycles. The molecule has 0 saturated carbocycles. The Morgan fingerprint density at radius 1 is 1.14 bits per heavy atom. The second-order valence-corrected chi connectivity index (χ2v) is 8.03. The first-order valence-electron chi connectivity index (χ1n) is 11.0. The summed E-state index contributed by atoms with van der Waals surface area (Å²) in [4.78, 5) is 12.0. The molecule has 0 fully saturated rings. The van der Waals surface area contributed by atoms with Gasteiger partial charge in [-0.1, -0.05) is 17.7 Å². The Morgan fingerprint density at radius 3 is 2.72 bits per heavy atom. The predicted molar refractivity (Wildman–Crippen MR) is 130 cm³/mol. The third-order valence-electron chi connectivity index (χ3n) is 5.33. The van der Waals surface area contributed by atoms with Gasteiger partial charge in [0.05, 0.1) is 47.3 Å². The Labute approximate surface area is 209 Å². The third-order valence-corrected chi connectivity index (χ3v) is 5.62. The summed E-state index contributed by atoms with van der Waals surface area (Å²) in [6.07, 6.45) is 5.46. The highest BCUT2D eigenvalue weighted by atomic mass is 35.5. The highest BCUT2D eigenvalue weighted by Gasteiger charge is 2.21. The molecule has 0 aliphatic rings. The van der Waals surface area contributed by atoms with Gasteiger partial charge in [0, 0.05) is 40.8 Å². The number of fused-ring (bicyclic) bond motifs is 1. The number of halogens is 3. The van der Waals surface area contributed by atoms with E-state index >= 15 is 0 Å². The topological polar surface area (TPSA) is 128 Å². The molecule has 0 radical (unpaired) electrons. The number of aromatic amines is 1. The van der Waals surface area contributed by atoms with Crippen LogP contribution in [0.3, 0.4) is 0 Å². The molecule has 4 heterocycles. The summed E-state index contributed by atoms with van der Waals surface area (Å²) in [5.74, 6) is -2.40. The average Bonchev–Trinajstić information content (AvgIpc) is 3.43. The van der Waals surface area contributed by atoms with Gasteiger partial charge in [0.15, 0.2) is 5.82 Å². The second-order valence-electron chi connectivity index (χ2n) is 7.63. The van der Waals surface area contributed by atoms with Crippen LogP contribution in [0.4, 0.5) is 25.8 Å². The van der Waals surface area contributed by atoms with Gasteiger partial charge in [-0.15, -0.1) is 0 Å². The molecule has 0 unspecified atom stereocenters. The van der Waals surface area contributed by atoms with Gasteiger partial charge in [-0.2, -0.15) is 25.1 Å². The van der Waals surface area contributed by atoms with E-state index in [1.54, 1.807) is 37.4 Å². The predicted octanol–water partition coefficient (Wildman–Crippen LogP) is 5.20. The third kappa shape index (κ3) is 4.37. The number of benzene rings is 1. The lowest BCUT2D eigenvalue weighted by atomic mass is 10.0. The molecule has 1 atom stereocenters. The first kappa shape index (κ1) is 21.8. The van der Waals surface area contributed by atoms with Gasteiger partial charge >= 0.3 is 0 Å². The minimum Gasteiger partial charge on any atom is -0.373 e. The molecule has 5 aromatic rings. The maximum atomic E-state index is 13.8. The van der Waals surface area contributed by atoms with Crippen molar-refractivity contribution in [3.05, 3.63) is 94.4 Å². The van der Waals surface area contributed by atoms with Gasteiger partial charge in [-0.05, 0) is 25.1 Å². The number of anilines is 3. The SMILES string of the molecule is [2H][C@](Nc1cc(Cl)c2ncc(C#N)c(Nc3cnc(F)c(F)c3)c2c1)(c1cn[nH]n1)c1cccnc1C. The maximum Gasteiger partial charge on any atom is 0.249 e. The van der Waals surface area contributed by atoms with E-state index in [2.05, 4.69) is 41.0 Å². The van der Waals surface area contributed by atoms with Crippen LogP contribution in [-0.2, 0) is 0 Å². The summed E-state index contributed by atoms with van der Waals surface area (Å²) in [6, 6.07) is 8.01. The number of hydrogen-bond donors (Lipinski definition) is 3. The number of pyridine rings is 3. The monoisotopic (exact) mass is 504 g/mol. The molecule has 3 N–H and O–H groups in total. The zero-order valence-corrected chi connectivity index (χ0v) is 19.3. The van der Waals surface area contributed by atoms with Crippen LogP contribution in [0, 0.1) is 30.0 Å². The highest BCUT2D eigenvalue weighted by molar-refractivity contribution is 6.36. The normalized spacial score (nSPS) is 13.0.